The van der Waals surface area contributed by atoms with Crippen LogP contribution in [0.15, 0.2) is 48.5 Å². The van der Waals surface area contributed by atoms with Crippen LogP contribution in [0.5, 0.6) is 5.75 Å². The maximum Gasteiger partial charge on any atom is 0.118 e. The Hall–Kier alpha value is -1.51. The molecule has 1 unspecified atom stereocenters. The van der Waals surface area contributed by atoms with Crippen LogP contribution in [0.4, 0.5) is 0 Å². The Morgan fingerprint density at radius 3 is 2.42 bits per heavy atom. The lowest BCUT2D eigenvalue weighted by Gasteiger charge is -2.13. The second kappa shape index (κ2) is 6.60. The Balaban J connectivity index is 1.97. The number of halogens is 1. The van der Waals surface area contributed by atoms with E-state index in [0.717, 1.165) is 34.7 Å². The fraction of sp³-hybridized carbons (Fsp3) is 0.250. The molecule has 100 valence electrons. The zero-order valence-electron chi connectivity index (χ0n) is 11.0. The summed E-state index contributed by atoms with van der Waals surface area (Å²) in [5, 5.41) is 0.810. The molecule has 0 aliphatic heterocycles. The van der Waals surface area contributed by atoms with Crippen molar-refractivity contribution in [3.8, 4) is 5.75 Å². The maximum absolute atomic E-state index is 6.20. The van der Waals surface area contributed by atoms with Crippen LogP contribution < -0.4 is 10.5 Å². The van der Waals surface area contributed by atoms with E-state index >= 15 is 0 Å². The van der Waals surface area contributed by atoms with E-state index in [4.69, 9.17) is 22.1 Å². The number of hydrogen-bond acceptors (Lipinski definition) is 2. The van der Waals surface area contributed by atoms with E-state index < -0.39 is 0 Å². The lowest BCUT2D eigenvalue weighted by Crippen LogP contribution is -2.11. The normalized spacial score (nSPS) is 12.2. The molecule has 3 heteroatoms. The molecule has 0 aliphatic rings. The van der Waals surface area contributed by atoms with Crippen molar-refractivity contribution < 1.29 is 4.74 Å². The first-order valence-corrected chi connectivity index (χ1v) is 6.71. The Morgan fingerprint density at radius 1 is 1.11 bits per heavy atom. The second-order valence-corrected chi connectivity index (χ2v) is 4.92. The van der Waals surface area contributed by atoms with Crippen LogP contribution in [-0.2, 0) is 6.42 Å². The van der Waals surface area contributed by atoms with Crippen molar-refractivity contribution in [1.82, 2.24) is 0 Å². The van der Waals surface area contributed by atoms with Gasteiger partial charge in [-0.25, -0.2) is 0 Å². The predicted molar refractivity (Wildman–Crippen MR) is 79.7 cm³/mol. The molecular weight excluding hydrogens is 258 g/mol. The van der Waals surface area contributed by atoms with Crippen LogP contribution in [0.1, 0.15) is 23.6 Å². The highest BCUT2D eigenvalue weighted by Crippen LogP contribution is 2.22. The lowest BCUT2D eigenvalue weighted by molar-refractivity contribution is 0.414. The largest absolute Gasteiger partial charge is 0.497 e. The molecule has 1 atom stereocenters. The van der Waals surface area contributed by atoms with Crippen molar-refractivity contribution >= 4 is 11.6 Å². The SMILES string of the molecule is COc1ccc(C(N)CCc2ccccc2Cl)cc1. The number of benzene rings is 2. The number of methoxy groups -OCH3 is 1. The summed E-state index contributed by atoms with van der Waals surface area (Å²) < 4.78 is 5.14. The highest BCUT2D eigenvalue weighted by molar-refractivity contribution is 6.31. The minimum absolute atomic E-state index is 0.0159. The topological polar surface area (TPSA) is 35.2 Å². The standard InChI is InChI=1S/C16H18ClNO/c1-19-14-9-6-13(7-10-14)16(18)11-8-12-4-2-3-5-15(12)17/h2-7,9-10,16H,8,11,18H2,1H3. The van der Waals surface area contributed by atoms with E-state index in [0.29, 0.717) is 0 Å². The molecule has 0 radical (unpaired) electrons. The van der Waals surface area contributed by atoms with Gasteiger partial charge in [0, 0.05) is 11.1 Å². The Kier molecular flexibility index (Phi) is 4.83. The molecule has 0 saturated carbocycles. The first-order valence-electron chi connectivity index (χ1n) is 6.33. The molecule has 2 aromatic carbocycles. The smallest absolute Gasteiger partial charge is 0.118 e. The molecular formula is C16H18ClNO. The van der Waals surface area contributed by atoms with Crippen molar-refractivity contribution in [3.05, 3.63) is 64.7 Å². The molecule has 2 N–H and O–H groups in total. The van der Waals surface area contributed by atoms with E-state index in [9.17, 15) is 0 Å². The van der Waals surface area contributed by atoms with Gasteiger partial charge in [-0.3, -0.25) is 0 Å². The zero-order valence-corrected chi connectivity index (χ0v) is 11.7. The summed E-state index contributed by atoms with van der Waals surface area (Å²) in [6.45, 7) is 0. The van der Waals surface area contributed by atoms with Crippen LogP contribution in [0.3, 0.4) is 0 Å². The quantitative estimate of drug-likeness (QED) is 0.896. The molecule has 0 heterocycles. The van der Waals surface area contributed by atoms with Crippen molar-refractivity contribution in [3.63, 3.8) is 0 Å². The first kappa shape index (κ1) is 13.9. The number of aryl methyl sites for hydroxylation is 1. The summed E-state index contributed by atoms with van der Waals surface area (Å²) in [5.41, 5.74) is 8.47. The van der Waals surface area contributed by atoms with Crippen LogP contribution in [0.25, 0.3) is 0 Å². The molecule has 0 aliphatic carbocycles. The summed E-state index contributed by atoms with van der Waals surface area (Å²) in [4.78, 5) is 0. The number of hydrogen-bond donors (Lipinski definition) is 1. The van der Waals surface area contributed by atoms with E-state index in [1.165, 1.54) is 0 Å². The molecule has 2 nitrogen and oxygen atoms in total. The van der Waals surface area contributed by atoms with Gasteiger partial charge in [0.15, 0.2) is 0 Å². The molecule has 2 aromatic rings. The third-order valence-electron chi connectivity index (χ3n) is 3.23. The van der Waals surface area contributed by atoms with Gasteiger partial charge >= 0.3 is 0 Å². The highest BCUT2D eigenvalue weighted by atomic mass is 35.5. The second-order valence-electron chi connectivity index (χ2n) is 4.51. The van der Waals surface area contributed by atoms with Crippen LogP contribution in [0.2, 0.25) is 5.02 Å². The molecule has 19 heavy (non-hydrogen) atoms. The summed E-state index contributed by atoms with van der Waals surface area (Å²) in [7, 11) is 1.66. The van der Waals surface area contributed by atoms with Gasteiger partial charge in [0.1, 0.15) is 5.75 Å². The van der Waals surface area contributed by atoms with Gasteiger partial charge in [0.05, 0.1) is 7.11 Å². The van der Waals surface area contributed by atoms with Crippen molar-refractivity contribution in [2.24, 2.45) is 5.73 Å². The molecule has 0 amide bonds. The number of rotatable bonds is 5. The van der Waals surface area contributed by atoms with E-state index in [-0.39, 0.29) is 6.04 Å². The first-order chi connectivity index (χ1) is 9.20. The summed E-state index contributed by atoms with van der Waals surface area (Å²) in [6, 6.07) is 15.8. The van der Waals surface area contributed by atoms with Crippen LogP contribution in [0, 0.1) is 0 Å². The van der Waals surface area contributed by atoms with Gasteiger partial charge in [-0.1, -0.05) is 41.9 Å². The van der Waals surface area contributed by atoms with Crippen molar-refractivity contribution in [2.75, 3.05) is 7.11 Å². The van der Waals surface area contributed by atoms with Gasteiger partial charge in [-0.05, 0) is 42.2 Å². The van der Waals surface area contributed by atoms with Crippen molar-refractivity contribution in [1.29, 1.82) is 0 Å². The Labute approximate surface area is 119 Å². The monoisotopic (exact) mass is 275 g/mol. The van der Waals surface area contributed by atoms with Crippen LogP contribution >= 0.6 is 11.6 Å². The van der Waals surface area contributed by atoms with Crippen molar-refractivity contribution in [2.45, 2.75) is 18.9 Å². The fourth-order valence-corrected chi connectivity index (χ4v) is 2.26. The summed E-state index contributed by atoms with van der Waals surface area (Å²) >= 11 is 6.14. The van der Waals surface area contributed by atoms with Gasteiger partial charge in [-0.15, -0.1) is 0 Å². The molecule has 0 fully saturated rings. The minimum atomic E-state index is 0.0159. The summed E-state index contributed by atoms with van der Waals surface area (Å²) in [6.07, 6.45) is 1.75. The predicted octanol–water partition coefficient (Wildman–Crippen LogP) is 3.98. The molecule has 0 saturated heterocycles. The van der Waals surface area contributed by atoms with Crippen LogP contribution in [-0.4, -0.2) is 7.11 Å². The Morgan fingerprint density at radius 2 is 1.79 bits per heavy atom. The average Bonchev–Trinajstić information content (AvgIpc) is 2.46. The zero-order chi connectivity index (χ0) is 13.7. The lowest BCUT2D eigenvalue weighted by atomic mass is 10.00. The average molecular weight is 276 g/mol. The minimum Gasteiger partial charge on any atom is -0.497 e. The fourth-order valence-electron chi connectivity index (χ4n) is 2.03. The third kappa shape index (κ3) is 3.72. The number of nitrogens with two attached hydrogens (primary N) is 1. The molecule has 0 aromatic heterocycles. The maximum atomic E-state index is 6.20. The van der Waals surface area contributed by atoms with E-state index in [2.05, 4.69) is 0 Å². The van der Waals surface area contributed by atoms with Gasteiger partial charge in [0.2, 0.25) is 0 Å². The summed E-state index contributed by atoms with van der Waals surface area (Å²) in [5.74, 6) is 0.849. The molecule has 2 rings (SSSR count). The number of ether oxygens (including phenoxy) is 1. The van der Waals surface area contributed by atoms with E-state index in [1.54, 1.807) is 7.11 Å². The van der Waals surface area contributed by atoms with Gasteiger partial charge < -0.3 is 10.5 Å². The third-order valence-corrected chi connectivity index (χ3v) is 3.60. The molecule has 0 bridgehead atoms. The highest BCUT2D eigenvalue weighted by Gasteiger charge is 2.07. The Bertz CT molecular complexity index is 525. The van der Waals surface area contributed by atoms with Gasteiger partial charge in [0.25, 0.3) is 0 Å². The molecule has 0 spiro atoms. The van der Waals surface area contributed by atoms with Gasteiger partial charge in [-0.2, -0.15) is 0 Å². The van der Waals surface area contributed by atoms with E-state index in [1.807, 2.05) is 48.5 Å².